The number of carbonyl (C=O) groups is 1. The Morgan fingerprint density at radius 1 is 1.53 bits per heavy atom. The van der Waals surface area contributed by atoms with Crippen LogP contribution in [0.1, 0.15) is 28.6 Å². The highest BCUT2D eigenvalue weighted by atomic mass is 16.8. The molecule has 2 aliphatic heterocycles. The van der Waals surface area contributed by atoms with E-state index in [1.807, 2.05) is 0 Å². The van der Waals surface area contributed by atoms with Crippen molar-refractivity contribution in [1.82, 2.24) is 0 Å². The zero-order chi connectivity index (χ0) is 13.6. The predicted molar refractivity (Wildman–Crippen MR) is 56.0 cm³/mol. The van der Waals surface area contributed by atoms with Crippen molar-refractivity contribution in [3.8, 4) is 0 Å². The average molecular weight is 247 g/mol. The fourth-order valence-electron chi connectivity index (χ4n) is 2.05. The summed E-state index contributed by atoms with van der Waals surface area (Å²) >= 11 is 0. The maximum absolute atomic E-state index is 11.1. The van der Waals surface area contributed by atoms with Crippen LogP contribution in [0.4, 0.5) is 0 Å². The second kappa shape index (κ2) is 4.53. The van der Waals surface area contributed by atoms with Gasteiger partial charge in [-0.05, 0) is 13.8 Å². The summed E-state index contributed by atoms with van der Waals surface area (Å²) in [5.41, 5.74) is 0. The van der Waals surface area contributed by atoms with E-state index in [-0.39, 0.29) is 13.0 Å². The van der Waals surface area contributed by atoms with E-state index in [2.05, 4.69) is 0 Å². The maximum atomic E-state index is 11.1. The van der Waals surface area contributed by atoms with E-state index < -0.39 is 36.3 Å². The predicted octanol–water partition coefficient (Wildman–Crippen LogP) is 0.177. The van der Waals surface area contributed by atoms with Crippen molar-refractivity contribution >= 4 is 5.97 Å². The first-order chi connectivity index (χ1) is 8.28. The lowest BCUT2D eigenvalue weighted by molar-refractivity contribution is -0.219. The molecule has 4 atom stereocenters. The van der Waals surface area contributed by atoms with Gasteiger partial charge in [-0.25, -0.2) is 0 Å². The average Bonchev–Trinajstić information content (AvgIpc) is 2.62. The van der Waals surface area contributed by atoms with Crippen LogP contribution in [0, 0.1) is 0 Å². The molecule has 0 unspecified atom stereocenters. The van der Waals surface area contributed by atoms with E-state index in [1.165, 1.54) is 6.92 Å². The molecule has 6 nitrogen and oxygen atoms in total. The fraction of sp³-hybridized carbons (Fsp3) is 0.909. The third-order valence-corrected chi connectivity index (χ3v) is 2.61. The van der Waals surface area contributed by atoms with Crippen molar-refractivity contribution in [1.29, 1.82) is 0 Å². The molecule has 2 rings (SSSR count). The molecule has 1 N–H and O–H groups in total. The lowest BCUT2D eigenvalue weighted by Crippen LogP contribution is -2.38. The van der Waals surface area contributed by atoms with Crippen LogP contribution in [0.15, 0.2) is 0 Å². The fourth-order valence-corrected chi connectivity index (χ4v) is 2.05. The van der Waals surface area contributed by atoms with E-state index >= 15 is 0 Å². The highest BCUT2D eigenvalue weighted by molar-refractivity contribution is 5.66. The zero-order valence-electron chi connectivity index (χ0n) is 11.1. The molecular formula is C11H18O6. The van der Waals surface area contributed by atoms with Crippen molar-refractivity contribution in [2.45, 2.75) is 57.6 Å². The van der Waals surface area contributed by atoms with E-state index in [9.17, 15) is 4.79 Å². The molecule has 0 saturated carbocycles. The minimum absolute atomic E-state index is 0.171. The van der Waals surface area contributed by atoms with Crippen molar-refractivity contribution in [3.63, 3.8) is 0 Å². The second-order valence-corrected chi connectivity index (χ2v) is 4.56. The molecule has 2 fully saturated rings. The van der Waals surface area contributed by atoms with Gasteiger partial charge in [0, 0.05) is 20.0 Å². The molecule has 2 heterocycles. The Morgan fingerprint density at radius 2 is 2.24 bits per heavy atom. The third kappa shape index (κ3) is 2.60. The molecule has 6 heteroatoms. The Kier molecular flexibility index (Phi) is 3.04. The summed E-state index contributed by atoms with van der Waals surface area (Å²) in [4.78, 5) is 11.1. The van der Waals surface area contributed by atoms with Gasteiger partial charge in [0.25, 0.3) is 0 Å². The van der Waals surface area contributed by atoms with Crippen LogP contribution >= 0.6 is 0 Å². The smallest absolute Gasteiger partial charge is 0.303 e. The number of rotatable bonds is 3. The number of fused-ring (bicyclic) bond motifs is 1. The molecule has 0 aromatic heterocycles. The van der Waals surface area contributed by atoms with Crippen molar-refractivity contribution in [3.05, 3.63) is 0 Å². The molecule has 0 aliphatic carbocycles. The Bertz CT molecular complexity index is 346. The van der Waals surface area contributed by atoms with Crippen LogP contribution in [0.25, 0.3) is 0 Å². The lowest BCUT2D eigenvalue weighted by atomic mass is 10.1. The molecule has 98 valence electrons. The SMILES string of the molecule is [2H][C@@]1(OC(C)=O)[C@@H](CCO)O[C@@H]2OC(C)(C)O[C@@H]21. The third-order valence-electron chi connectivity index (χ3n) is 2.61. The second-order valence-electron chi connectivity index (χ2n) is 4.56. The van der Waals surface area contributed by atoms with Crippen LogP contribution in [0.2, 0.25) is 0 Å². The van der Waals surface area contributed by atoms with Gasteiger partial charge >= 0.3 is 5.97 Å². The van der Waals surface area contributed by atoms with Crippen molar-refractivity contribution in [2.24, 2.45) is 0 Å². The van der Waals surface area contributed by atoms with Crippen molar-refractivity contribution < 1.29 is 30.2 Å². The summed E-state index contributed by atoms with van der Waals surface area (Å²) in [6.45, 7) is 4.45. The van der Waals surface area contributed by atoms with Crippen LogP contribution in [0.5, 0.6) is 0 Å². The van der Waals surface area contributed by atoms with E-state index in [4.69, 9.17) is 25.4 Å². The Hall–Kier alpha value is -0.690. The largest absolute Gasteiger partial charge is 0.457 e. The van der Waals surface area contributed by atoms with Gasteiger partial charge in [0.05, 0.1) is 1.37 Å². The zero-order valence-corrected chi connectivity index (χ0v) is 10.1. The van der Waals surface area contributed by atoms with Gasteiger partial charge in [0.2, 0.25) is 0 Å². The number of aliphatic hydroxyl groups excluding tert-OH is 1. The van der Waals surface area contributed by atoms with Crippen LogP contribution < -0.4 is 0 Å². The molecule has 0 bridgehead atoms. The minimum atomic E-state index is -1.69. The van der Waals surface area contributed by atoms with E-state index in [0.29, 0.717) is 0 Å². The molecule has 0 spiro atoms. The minimum Gasteiger partial charge on any atom is -0.457 e. The van der Waals surface area contributed by atoms with E-state index in [1.54, 1.807) is 13.8 Å². The maximum Gasteiger partial charge on any atom is 0.303 e. The van der Waals surface area contributed by atoms with Gasteiger partial charge < -0.3 is 24.1 Å². The van der Waals surface area contributed by atoms with Crippen LogP contribution in [-0.4, -0.2) is 48.0 Å². The molecule has 2 aliphatic rings. The number of esters is 1. The lowest BCUT2D eigenvalue weighted by Gasteiger charge is -2.25. The summed E-state index contributed by atoms with van der Waals surface area (Å²) in [6, 6.07) is 0. The number of aliphatic hydroxyl groups is 1. The molecule has 17 heavy (non-hydrogen) atoms. The topological polar surface area (TPSA) is 74.2 Å². The standard InChI is InChI=1S/C11H18O6/c1-6(13)14-8-7(4-5-12)15-10-9(8)16-11(2,3)17-10/h7-10,12H,4-5H2,1-3H3/t7-,8-,9-,10-/m1/s1/i8D. The Morgan fingerprint density at radius 3 is 2.82 bits per heavy atom. The highest BCUT2D eigenvalue weighted by Gasteiger charge is 2.56. The summed E-state index contributed by atoms with van der Waals surface area (Å²) < 4.78 is 29.9. The molecule has 0 radical (unpaired) electrons. The van der Waals surface area contributed by atoms with Gasteiger partial charge in [-0.2, -0.15) is 0 Å². The first-order valence-corrected chi connectivity index (χ1v) is 5.60. The summed E-state index contributed by atoms with van der Waals surface area (Å²) in [5.74, 6) is -1.48. The van der Waals surface area contributed by atoms with Crippen LogP contribution in [-0.2, 0) is 23.7 Å². The van der Waals surface area contributed by atoms with Gasteiger partial charge in [-0.3, -0.25) is 4.79 Å². The highest BCUT2D eigenvalue weighted by Crippen LogP contribution is 2.39. The number of hydrogen-bond donors (Lipinski definition) is 1. The monoisotopic (exact) mass is 247 g/mol. The Balaban J connectivity index is 2.22. The van der Waals surface area contributed by atoms with Gasteiger partial charge in [-0.1, -0.05) is 0 Å². The first kappa shape index (κ1) is 11.4. The first-order valence-electron chi connectivity index (χ1n) is 6.10. The van der Waals surface area contributed by atoms with Gasteiger partial charge in [-0.15, -0.1) is 0 Å². The molecular weight excluding hydrogens is 228 g/mol. The number of ether oxygens (including phenoxy) is 4. The molecule has 0 aromatic carbocycles. The Labute approximate surface area is 101 Å². The summed E-state index contributed by atoms with van der Waals surface area (Å²) in [5, 5.41) is 8.97. The quantitative estimate of drug-likeness (QED) is 0.717. The van der Waals surface area contributed by atoms with Gasteiger partial charge in [0.15, 0.2) is 24.3 Å². The van der Waals surface area contributed by atoms with E-state index in [0.717, 1.165) is 0 Å². The normalized spacial score (nSPS) is 44.2. The summed E-state index contributed by atoms with van der Waals surface area (Å²) in [6.07, 6.45) is -3.84. The number of carbonyl (C=O) groups excluding carboxylic acids is 1. The van der Waals surface area contributed by atoms with Gasteiger partial charge in [0.1, 0.15) is 6.10 Å². The molecule has 0 amide bonds. The molecule has 0 aromatic rings. The van der Waals surface area contributed by atoms with Crippen molar-refractivity contribution in [2.75, 3.05) is 6.61 Å². The summed E-state index contributed by atoms with van der Waals surface area (Å²) in [7, 11) is 0. The van der Waals surface area contributed by atoms with Crippen LogP contribution in [0.3, 0.4) is 0 Å². The molecule has 2 saturated heterocycles. The number of hydrogen-bond acceptors (Lipinski definition) is 6.